The number of phenolic OH excluding ortho intramolecular Hbond substituents is 1. The summed E-state index contributed by atoms with van der Waals surface area (Å²) in [5, 5.41) is 10.9. The van der Waals surface area contributed by atoms with Gasteiger partial charge in [-0.25, -0.2) is 0 Å². The molecule has 1 aromatic rings. The maximum absolute atomic E-state index is 10.9. The highest BCUT2D eigenvalue weighted by molar-refractivity contribution is 5.56. The monoisotopic (exact) mass is 300 g/mol. The van der Waals surface area contributed by atoms with Crippen LogP contribution in [-0.2, 0) is 11.8 Å². The number of benzene rings is 1. The average Bonchev–Trinajstić information content (AvgIpc) is 2.52. The van der Waals surface area contributed by atoms with Crippen molar-refractivity contribution in [3.63, 3.8) is 0 Å². The number of phenols is 1. The van der Waals surface area contributed by atoms with Crippen LogP contribution in [0.1, 0.15) is 57.1 Å². The van der Waals surface area contributed by atoms with Crippen molar-refractivity contribution in [2.45, 2.75) is 57.8 Å². The summed E-state index contributed by atoms with van der Waals surface area (Å²) < 4.78 is 5.43. The molecule has 120 valence electrons. The third kappa shape index (κ3) is 1.67. The van der Waals surface area contributed by atoms with Crippen molar-refractivity contribution in [2.75, 3.05) is 7.11 Å². The lowest BCUT2D eigenvalue weighted by atomic mass is 9.43. The van der Waals surface area contributed by atoms with E-state index in [1.54, 1.807) is 7.11 Å². The van der Waals surface area contributed by atoms with E-state index in [9.17, 15) is 5.11 Å². The predicted molar refractivity (Wildman–Crippen MR) is 88.4 cm³/mol. The molecule has 1 aromatic carbocycles. The fourth-order valence-corrected chi connectivity index (χ4v) is 6.39. The topological polar surface area (TPSA) is 29.5 Å². The molecule has 22 heavy (non-hydrogen) atoms. The smallest absolute Gasteiger partial charge is 0.161 e. The first kappa shape index (κ1) is 14.4. The lowest BCUT2D eigenvalue weighted by molar-refractivity contribution is -0.0253. The highest BCUT2D eigenvalue weighted by Gasteiger charge is 2.57. The quantitative estimate of drug-likeness (QED) is 0.816. The van der Waals surface area contributed by atoms with Gasteiger partial charge in [-0.1, -0.05) is 32.8 Å². The minimum Gasteiger partial charge on any atom is -0.504 e. The van der Waals surface area contributed by atoms with Gasteiger partial charge < -0.3 is 9.84 Å². The zero-order chi connectivity index (χ0) is 15.5. The highest BCUT2D eigenvalue weighted by Crippen LogP contribution is 2.64. The van der Waals surface area contributed by atoms with Gasteiger partial charge in [-0.2, -0.15) is 0 Å². The Morgan fingerprint density at radius 1 is 1.23 bits per heavy atom. The standard InChI is InChI=1S/C20H28O2/c1-12-10-13(2)20-9-5-4-6-16(20)15(12)11-14-7-8-17(22-3)19(21)18(14)20/h7-8,12-13,15-16,21H,4-6,9-11H2,1-3H3/t12?,13-,15-,16?,20+/m0/s1. The van der Waals surface area contributed by atoms with Crippen LogP contribution in [0.15, 0.2) is 12.1 Å². The summed E-state index contributed by atoms with van der Waals surface area (Å²) >= 11 is 0. The molecule has 0 saturated heterocycles. The zero-order valence-corrected chi connectivity index (χ0v) is 14.1. The molecule has 0 amide bonds. The molecule has 0 aromatic heterocycles. The van der Waals surface area contributed by atoms with Crippen molar-refractivity contribution < 1.29 is 9.84 Å². The fraction of sp³-hybridized carbons (Fsp3) is 0.700. The second kappa shape index (κ2) is 4.91. The summed E-state index contributed by atoms with van der Waals surface area (Å²) in [4.78, 5) is 0. The van der Waals surface area contributed by atoms with E-state index < -0.39 is 0 Å². The van der Waals surface area contributed by atoms with Gasteiger partial charge in [-0.15, -0.1) is 0 Å². The van der Waals surface area contributed by atoms with Crippen LogP contribution < -0.4 is 4.74 Å². The summed E-state index contributed by atoms with van der Waals surface area (Å²) in [6.45, 7) is 4.88. The van der Waals surface area contributed by atoms with Crippen LogP contribution in [0.4, 0.5) is 0 Å². The largest absolute Gasteiger partial charge is 0.504 e. The minimum atomic E-state index is 0.196. The molecular weight excluding hydrogens is 272 g/mol. The highest BCUT2D eigenvalue weighted by atomic mass is 16.5. The molecule has 3 aliphatic carbocycles. The van der Waals surface area contributed by atoms with Gasteiger partial charge in [0.25, 0.3) is 0 Å². The van der Waals surface area contributed by atoms with Crippen LogP contribution in [0.2, 0.25) is 0 Å². The molecule has 0 heterocycles. The minimum absolute atomic E-state index is 0.196. The van der Waals surface area contributed by atoms with Crippen LogP contribution in [0.25, 0.3) is 0 Å². The van der Waals surface area contributed by atoms with E-state index in [0.29, 0.717) is 17.4 Å². The molecular formula is C20H28O2. The van der Waals surface area contributed by atoms with Gasteiger partial charge in [0.2, 0.25) is 0 Å². The Labute approximate surface area is 133 Å². The number of ether oxygens (including phenoxy) is 1. The Bertz CT molecular complexity index is 594. The van der Waals surface area contributed by atoms with Crippen LogP contribution in [0.3, 0.4) is 0 Å². The van der Waals surface area contributed by atoms with Crippen molar-refractivity contribution in [3.8, 4) is 11.5 Å². The molecule has 5 atom stereocenters. The molecule has 0 aliphatic heterocycles. The molecule has 2 unspecified atom stereocenters. The molecule has 0 spiro atoms. The first-order valence-electron chi connectivity index (χ1n) is 8.99. The predicted octanol–water partition coefficient (Wildman–Crippen LogP) is 4.68. The Kier molecular flexibility index (Phi) is 3.22. The van der Waals surface area contributed by atoms with Crippen molar-refractivity contribution in [1.82, 2.24) is 0 Å². The SMILES string of the molecule is COc1ccc2c(c1O)[C@@]13CCCCC1[C@@H](C2)C(C)C[C@@H]3C. The lowest BCUT2D eigenvalue weighted by Gasteiger charge is -2.60. The van der Waals surface area contributed by atoms with Gasteiger partial charge in [-0.3, -0.25) is 0 Å². The van der Waals surface area contributed by atoms with Gasteiger partial charge in [0.1, 0.15) is 0 Å². The molecule has 4 rings (SSSR count). The van der Waals surface area contributed by atoms with Crippen LogP contribution in [0.5, 0.6) is 11.5 Å². The van der Waals surface area contributed by atoms with Gasteiger partial charge in [0.05, 0.1) is 7.11 Å². The maximum atomic E-state index is 10.9. The summed E-state index contributed by atoms with van der Waals surface area (Å²) in [6, 6.07) is 4.18. The Morgan fingerprint density at radius 2 is 2.05 bits per heavy atom. The molecule has 2 saturated carbocycles. The summed E-state index contributed by atoms with van der Waals surface area (Å²) in [5.41, 5.74) is 2.84. The third-order valence-electron chi connectivity index (χ3n) is 7.24. The average molecular weight is 300 g/mol. The lowest BCUT2D eigenvalue weighted by Crippen LogP contribution is -2.56. The summed E-state index contributed by atoms with van der Waals surface area (Å²) in [6.07, 6.45) is 7.70. The van der Waals surface area contributed by atoms with Crippen molar-refractivity contribution in [3.05, 3.63) is 23.3 Å². The number of hydrogen-bond acceptors (Lipinski definition) is 2. The molecule has 1 N–H and O–H groups in total. The zero-order valence-electron chi connectivity index (χ0n) is 14.1. The number of methoxy groups -OCH3 is 1. The van der Waals surface area contributed by atoms with Crippen LogP contribution >= 0.6 is 0 Å². The van der Waals surface area contributed by atoms with Gasteiger partial charge >= 0.3 is 0 Å². The van der Waals surface area contributed by atoms with E-state index >= 15 is 0 Å². The molecule has 3 aliphatic rings. The van der Waals surface area contributed by atoms with Crippen LogP contribution in [-0.4, -0.2) is 12.2 Å². The third-order valence-corrected chi connectivity index (χ3v) is 7.24. The Morgan fingerprint density at radius 3 is 2.82 bits per heavy atom. The normalized spacial score (nSPS) is 39.8. The molecule has 2 nitrogen and oxygen atoms in total. The summed E-state index contributed by atoms with van der Waals surface area (Å²) in [7, 11) is 1.66. The number of aromatic hydroxyl groups is 1. The first-order valence-corrected chi connectivity index (χ1v) is 8.99. The van der Waals surface area contributed by atoms with E-state index in [1.807, 2.05) is 6.07 Å². The fourth-order valence-electron chi connectivity index (χ4n) is 6.39. The Balaban J connectivity index is 1.97. The second-order valence-corrected chi connectivity index (χ2v) is 8.03. The molecule has 2 fully saturated rings. The first-order chi connectivity index (χ1) is 10.6. The number of rotatable bonds is 1. The number of fused-ring (bicyclic) bond motifs is 1. The molecule has 2 bridgehead atoms. The van der Waals surface area contributed by atoms with E-state index in [0.717, 1.165) is 24.2 Å². The number of hydrogen-bond donors (Lipinski definition) is 1. The van der Waals surface area contributed by atoms with E-state index in [4.69, 9.17) is 4.74 Å². The van der Waals surface area contributed by atoms with Crippen molar-refractivity contribution in [1.29, 1.82) is 0 Å². The van der Waals surface area contributed by atoms with Gasteiger partial charge in [0.15, 0.2) is 11.5 Å². The van der Waals surface area contributed by atoms with E-state index in [2.05, 4.69) is 19.9 Å². The van der Waals surface area contributed by atoms with Gasteiger partial charge in [-0.05, 0) is 61.0 Å². The summed E-state index contributed by atoms with van der Waals surface area (Å²) in [5.74, 6) is 4.11. The van der Waals surface area contributed by atoms with E-state index in [1.165, 1.54) is 43.2 Å². The Hall–Kier alpha value is -1.18. The van der Waals surface area contributed by atoms with E-state index in [-0.39, 0.29) is 5.41 Å². The van der Waals surface area contributed by atoms with Crippen molar-refractivity contribution in [2.24, 2.45) is 23.7 Å². The maximum Gasteiger partial charge on any atom is 0.161 e. The van der Waals surface area contributed by atoms with Gasteiger partial charge in [0, 0.05) is 11.0 Å². The molecule has 0 radical (unpaired) electrons. The van der Waals surface area contributed by atoms with Crippen LogP contribution in [0, 0.1) is 23.7 Å². The van der Waals surface area contributed by atoms with Crippen molar-refractivity contribution >= 4 is 0 Å². The molecule has 2 heteroatoms. The second-order valence-electron chi connectivity index (χ2n) is 8.03.